The van der Waals surface area contributed by atoms with Crippen LogP contribution in [-0.4, -0.2) is 13.1 Å². The summed E-state index contributed by atoms with van der Waals surface area (Å²) in [5.74, 6) is 3.02. The molecule has 0 saturated heterocycles. The first-order chi connectivity index (χ1) is 7.29. The van der Waals surface area contributed by atoms with Gasteiger partial charge in [0, 0.05) is 6.04 Å². The standard InChI is InChI=1S/C14H27N/c1-11-6-8-13(9-7-11)14(15-2)10-12-4-3-5-12/h11-15H,3-10H2,1-2H3. The number of hydrogen-bond acceptors (Lipinski definition) is 1. The normalized spacial score (nSPS) is 34.8. The predicted octanol–water partition coefficient (Wildman–Crippen LogP) is 3.59. The molecule has 0 aromatic rings. The van der Waals surface area contributed by atoms with Gasteiger partial charge in [0.2, 0.25) is 0 Å². The van der Waals surface area contributed by atoms with E-state index in [2.05, 4.69) is 19.3 Å². The summed E-state index contributed by atoms with van der Waals surface area (Å²) < 4.78 is 0. The summed E-state index contributed by atoms with van der Waals surface area (Å²) >= 11 is 0. The monoisotopic (exact) mass is 209 g/mol. The summed E-state index contributed by atoms with van der Waals surface area (Å²) in [6.45, 7) is 2.41. The minimum atomic E-state index is 0.822. The smallest absolute Gasteiger partial charge is 0.00949 e. The minimum absolute atomic E-state index is 0.822. The second kappa shape index (κ2) is 5.34. The lowest BCUT2D eigenvalue weighted by molar-refractivity contribution is 0.183. The Labute approximate surface area is 95.0 Å². The van der Waals surface area contributed by atoms with Gasteiger partial charge in [0.15, 0.2) is 0 Å². The van der Waals surface area contributed by atoms with E-state index in [0.717, 1.165) is 23.8 Å². The Morgan fingerprint density at radius 2 is 1.73 bits per heavy atom. The van der Waals surface area contributed by atoms with Crippen molar-refractivity contribution in [2.24, 2.45) is 17.8 Å². The third-order valence-electron chi connectivity index (χ3n) is 4.81. The minimum Gasteiger partial charge on any atom is -0.317 e. The summed E-state index contributed by atoms with van der Waals surface area (Å²) in [5, 5.41) is 3.59. The first-order valence-corrected chi connectivity index (χ1v) is 6.97. The van der Waals surface area contributed by atoms with E-state index in [4.69, 9.17) is 0 Å². The maximum atomic E-state index is 3.59. The summed E-state index contributed by atoms with van der Waals surface area (Å²) in [6.07, 6.45) is 11.8. The maximum absolute atomic E-state index is 3.59. The van der Waals surface area contributed by atoms with Crippen molar-refractivity contribution < 1.29 is 0 Å². The topological polar surface area (TPSA) is 12.0 Å². The van der Waals surface area contributed by atoms with Crippen LogP contribution >= 0.6 is 0 Å². The van der Waals surface area contributed by atoms with Gasteiger partial charge in [-0.15, -0.1) is 0 Å². The van der Waals surface area contributed by atoms with E-state index in [1.807, 2.05) is 0 Å². The SMILES string of the molecule is CNC(CC1CCC1)C1CCC(C)CC1. The van der Waals surface area contributed by atoms with Gasteiger partial charge in [0.25, 0.3) is 0 Å². The fourth-order valence-corrected chi connectivity index (χ4v) is 3.32. The average molecular weight is 209 g/mol. The molecular weight excluding hydrogens is 182 g/mol. The molecule has 15 heavy (non-hydrogen) atoms. The van der Waals surface area contributed by atoms with E-state index < -0.39 is 0 Å². The fraction of sp³-hybridized carbons (Fsp3) is 1.00. The molecule has 2 rings (SSSR count). The van der Waals surface area contributed by atoms with Crippen LogP contribution in [0.25, 0.3) is 0 Å². The zero-order chi connectivity index (χ0) is 10.7. The van der Waals surface area contributed by atoms with Crippen LogP contribution in [0.5, 0.6) is 0 Å². The molecule has 0 aromatic heterocycles. The van der Waals surface area contributed by atoms with Crippen LogP contribution in [0.1, 0.15) is 58.3 Å². The molecule has 88 valence electrons. The van der Waals surface area contributed by atoms with Crippen molar-refractivity contribution in [2.75, 3.05) is 7.05 Å². The summed E-state index contributed by atoms with van der Waals surface area (Å²) in [7, 11) is 2.17. The van der Waals surface area contributed by atoms with Crippen molar-refractivity contribution in [3.05, 3.63) is 0 Å². The Hall–Kier alpha value is -0.0400. The van der Waals surface area contributed by atoms with Crippen molar-refractivity contribution in [3.63, 3.8) is 0 Å². The second-order valence-electron chi connectivity index (χ2n) is 5.95. The highest BCUT2D eigenvalue weighted by Crippen LogP contribution is 2.36. The molecule has 0 bridgehead atoms. The molecule has 0 spiro atoms. The van der Waals surface area contributed by atoms with Gasteiger partial charge in [-0.05, 0) is 44.1 Å². The van der Waals surface area contributed by atoms with Crippen LogP contribution in [-0.2, 0) is 0 Å². The lowest BCUT2D eigenvalue weighted by Gasteiger charge is -2.36. The first kappa shape index (κ1) is 11.4. The van der Waals surface area contributed by atoms with Gasteiger partial charge in [0.1, 0.15) is 0 Å². The molecule has 1 heteroatoms. The third kappa shape index (κ3) is 2.96. The maximum Gasteiger partial charge on any atom is 0.00949 e. The second-order valence-corrected chi connectivity index (χ2v) is 5.95. The first-order valence-electron chi connectivity index (χ1n) is 6.97. The molecule has 0 heterocycles. The van der Waals surface area contributed by atoms with Crippen molar-refractivity contribution in [1.82, 2.24) is 5.32 Å². The molecule has 0 radical (unpaired) electrons. The summed E-state index contributed by atoms with van der Waals surface area (Å²) in [6, 6.07) is 0.822. The molecule has 2 aliphatic carbocycles. The molecule has 2 aliphatic rings. The average Bonchev–Trinajstić information content (AvgIpc) is 2.19. The van der Waals surface area contributed by atoms with Crippen LogP contribution in [0, 0.1) is 17.8 Å². The number of hydrogen-bond donors (Lipinski definition) is 1. The van der Waals surface area contributed by atoms with E-state index in [-0.39, 0.29) is 0 Å². The van der Waals surface area contributed by atoms with Crippen molar-refractivity contribution in [1.29, 1.82) is 0 Å². The van der Waals surface area contributed by atoms with Crippen molar-refractivity contribution in [2.45, 2.75) is 64.3 Å². The molecule has 1 unspecified atom stereocenters. The van der Waals surface area contributed by atoms with Gasteiger partial charge < -0.3 is 5.32 Å². The highest BCUT2D eigenvalue weighted by molar-refractivity contribution is 4.84. The molecule has 0 aromatic carbocycles. The van der Waals surface area contributed by atoms with Gasteiger partial charge in [-0.3, -0.25) is 0 Å². The molecule has 1 atom stereocenters. The van der Waals surface area contributed by atoms with Crippen LogP contribution in [0.15, 0.2) is 0 Å². The Kier molecular flexibility index (Phi) is 4.07. The van der Waals surface area contributed by atoms with Crippen LogP contribution in [0.4, 0.5) is 0 Å². The molecular formula is C14H27N. The van der Waals surface area contributed by atoms with Gasteiger partial charge in [-0.25, -0.2) is 0 Å². The van der Waals surface area contributed by atoms with Crippen molar-refractivity contribution >= 4 is 0 Å². The zero-order valence-electron chi connectivity index (χ0n) is 10.5. The largest absolute Gasteiger partial charge is 0.317 e. The van der Waals surface area contributed by atoms with Gasteiger partial charge in [-0.1, -0.05) is 39.0 Å². The highest BCUT2D eigenvalue weighted by Gasteiger charge is 2.28. The Balaban J connectivity index is 1.77. The van der Waals surface area contributed by atoms with Gasteiger partial charge >= 0.3 is 0 Å². The lowest BCUT2D eigenvalue weighted by atomic mass is 9.73. The Bertz CT molecular complexity index is 178. The Morgan fingerprint density at radius 3 is 2.20 bits per heavy atom. The van der Waals surface area contributed by atoms with Crippen LogP contribution in [0.3, 0.4) is 0 Å². The van der Waals surface area contributed by atoms with Crippen molar-refractivity contribution in [3.8, 4) is 0 Å². The number of rotatable bonds is 4. The summed E-state index contributed by atoms with van der Waals surface area (Å²) in [4.78, 5) is 0. The quantitative estimate of drug-likeness (QED) is 0.746. The van der Waals surface area contributed by atoms with E-state index in [1.54, 1.807) is 0 Å². The number of nitrogens with one attached hydrogen (secondary N) is 1. The van der Waals surface area contributed by atoms with E-state index in [0.29, 0.717) is 0 Å². The van der Waals surface area contributed by atoms with Gasteiger partial charge in [-0.2, -0.15) is 0 Å². The molecule has 0 amide bonds. The third-order valence-corrected chi connectivity index (χ3v) is 4.81. The van der Waals surface area contributed by atoms with E-state index >= 15 is 0 Å². The molecule has 0 aliphatic heterocycles. The highest BCUT2D eigenvalue weighted by atomic mass is 14.9. The van der Waals surface area contributed by atoms with Crippen LogP contribution in [0.2, 0.25) is 0 Å². The summed E-state index contributed by atoms with van der Waals surface area (Å²) in [5.41, 5.74) is 0. The molecule has 1 N–H and O–H groups in total. The molecule has 2 saturated carbocycles. The lowest BCUT2D eigenvalue weighted by Crippen LogP contribution is -2.38. The molecule has 2 fully saturated rings. The van der Waals surface area contributed by atoms with Gasteiger partial charge in [0.05, 0.1) is 0 Å². The predicted molar refractivity (Wildman–Crippen MR) is 65.9 cm³/mol. The zero-order valence-corrected chi connectivity index (χ0v) is 10.5. The van der Waals surface area contributed by atoms with E-state index in [1.165, 1.54) is 51.4 Å². The Morgan fingerprint density at radius 1 is 1.07 bits per heavy atom. The fourth-order valence-electron chi connectivity index (χ4n) is 3.32. The van der Waals surface area contributed by atoms with E-state index in [9.17, 15) is 0 Å². The van der Waals surface area contributed by atoms with Crippen LogP contribution < -0.4 is 5.32 Å². The molecule has 1 nitrogen and oxygen atoms in total.